The number of amides is 1. The van der Waals surface area contributed by atoms with Gasteiger partial charge in [-0.3, -0.25) is 19.4 Å². The van der Waals surface area contributed by atoms with Gasteiger partial charge in [-0.15, -0.1) is 0 Å². The molecule has 28 heavy (non-hydrogen) atoms. The Morgan fingerprint density at radius 3 is 2.61 bits per heavy atom. The number of likely N-dealkylation sites (tertiary alicyclic amines) is 1. The van der Waals surface area contributed by atoms with Crippen LogP contribution in [-0.4, -0.2) is 84.1 Å². The number of methoxy groups -OCH3 is 1. The van der Waals surface area contributed by atoms with Gasteiger partial charge in [-0.25, -0.2) is 4.39 Å². The van der Waals surface area contributed by atoms with Gasteiger partial charge in [0.2, 0.25) is 5.91 Å². The van der Waals surface area contributed by atoms with Crippen molar-refractivity contribution in [3.05, 3.63) is 29.6 Å². The smallest absolute Gasteiger partial charge is 0.323 e. The molecule has 1 N–H and O–H groups in total. The van der Waals surface area contributed by atoms with Crippen molar-refractivity contribution < 1.29 is 23.8 Å². The summed E-state index contributed by atoms with van der Waals surface area (Å²) in [6.07, 6.45) is 2.55. The largest absolute Gasteiger partial charge is 0.494 e. The van der Waals surface area contributed by atoms with Gasteiger partial charge >= 0.3 is 5.97 Å². The standard InChI is InChI=1S/C20H28FN3O4/c1-28-18-6-5-15(12-16(18)21)13-22-8-10-23(11-9-22)17-4-2-3-7-24(20(17)27)14-19(25)26/h5-6,12,17H,2-4,7-11,13-14H2,1H3,(H,25,26). The molecule has 2 aliphatic rings. The highest BCUT2D eigenvalue weighted by molar-refractivity contribution is 5.85. The maximum absolute atomic E-state index is 13.9. The van der Waals surface area contributed by atoms with Gasteiger partial charge in [0.15, 0.2) is 11.6 Å². The molecule has 1 aromatic carbocycles. The van der Waals surface area contributed by atoms with Crippen molar-refractivity contribution in [3.8, 4) is 5.75 Å². The lowest BCUT2D eigenvalue weighted by Gasteiger charge is -2.39. The van der Waals surface area contributed by atoms with Crippen LogP contribution in [0.4, 0.5) is 4.39 Å². The van der Waals surface area contributed by atoms with E-state index in [2.05, 4.69) is 9.80 Å². The highest BCUT2D eigenvalue weighted by Crippen LogP contribution is 2.21. The van der Waals surface area contributed by atoms with Gasteiger partial charge in [-0.05, 0) is 37.0 Å². The molecule has 8 heteroatoms. The number of rotatable bonds is 6. The van der Waals surface area contributed by atoms with Crippen LogP contribution in [0.25, 0.3) is 0 Å². The maximum Gasteiger partial charge on any atom is 0.323 e. The number of hydrogen-bond acceptors (Lipinski definition) is 5. The van der Waals surface area contributed by atoms with Crippen LogP contribution >= 0.6 is 0 Å². The van der Waals surface area contributed by atoms with E-state index in [1.807, 2.05) is 6.07 Å². The van der Waals surface area contributed by atoms with Crippen LogP contribution in [0.15, 0.2) is 18.2 Å². The van der Waals surface area contributed by atoms with Gasteiger partial charge in [-0.2, -0.15) is 0 Å². The predicted octanol–water partition coefficient (Wildman–Crippen LogP) is 1.42. The van der Waals surface area contributed by atoms with Crippen LogP contribution < -0.4 is 4.74 Å². The van der Waals surface area contributed by atoms with Crippen molar-refractivity contribution in [1.82, 2.24) is 14.7 Å². The number of nitrogens with zero attached hydrogens (tertiary/aromatic N) is 3. The normalized spacial score (nSPS) is 22.1. The highest BCUT2D eigenvalue weighted by atomic mass is 19.1. The van der Waals surface area contributed by atoms with Crippen molar-refractivity contribution in [1.29, 1.82) is 0 Å². The summed E-state index contributed by atoms with van der Waals surface area (Å²) in [6.45, 7) is 4.01. The first-order valence-corrected chi connectivity index (χ1v) is 9.77. The first-order chi connectivity index (χ1) is 13.5. The van der Waals surface area contributed by atoms with E-state index >= 15 is 0 Å². The van der Waals surface area contributed by atoms with E-state index in [9.17, 15) is 14.0 Å². The molecule has 0 radical (unpaired) electrons. The third kappa shape index (κ3) is 4.99. The molecule has 0 saturated carbocycles. The van der Waals surface area contributed by atoms with Crippen molar-refractivity contribution in [3.63, 3.8) is 0 Å². The molecular weight excluding hydrogens is 365 g/mol. The van der Waals surface area contributed by atoms with Gasteiger partial charge in [0.05, 0.1) is 13.2 Å². The fourth-order valence-corrected chi connectivity index (χ4v) is 4.04. The number of carboxylic acid groups (broad SMARTS) is 1. The van der Waals surface area contributed by atoms with Crippen LogP contribution in [0.1, 0.15) is 24.8 Å². The van der Waals surface area contributed by atoms with Crippen molar-refractivity contribution in [2.45, 2.75) is 31.8 Å². The monoisotopic (exact) mass is 393 g/mol. The maximum atomic E-state index is 13.9. The summed E-state index contributed by atoms with van der Waals surface area (Å²) in [5.41, 5.74) is 0.893. The SMILES string of the molecule is COc1ccc(CN2CCN(C3CCCCN(CC(=O)O)C3=O)CC2)cc1F. The van der Waals surface area contributed by atoms with E-state index in [0.717, 1.165) is 51.0 Å². The van der Waals surface area contributed by atoms with Crippen LogP contribution in [0, 0.1) is 5.82 Å². The number of benzene rings is 1. The first kappa shape index (κ1) is 20.5. The van der Waals surface area contributed by atoms with Gasteiger partial charge in [-0.1, -0.05) is 6.07 Å². The average molecular weight is 393 g/mol. The molecule has 0 aromatic heterocycles. The lowest BCUT2D eigenvalue weighted by molar-refractivity contribution is -0.146. The van der Waals surface area contributed by atoms with E-state index in [0.29, 0.717) is 13.1 Å². The number of halogens is 1. The number of carbonyl (C=O) groups is 2. The quantitative estimate of drug-likeness (QED) is 0.788. The molecule has 1 atom stereocenters. The summed E-state index contributed by atoms with van der Waals surface area (Å²) in [7, 11) is 1.45. The van der Waals surface area contributed by atoms with Gasteiger partial charge in [0, 0.05) is 39.3 Å². The van der Waals surface area contributed by atoms with E-state index in [4.69, 9.17) is 9.84 Å². The minimum atomic E-state index is -0.967. The number of carboxylic acids is 1. The fourth-order valence-electron chi connectivity index (χ4n) is 4.04. The summed E-state index contributed by atoms with van der Waals surface area (Å²) in [5.74, 6) is -1.15. The predicted molar refractivity (Wildman–Crippen MR) is 102 cm³/mol. The Bertz CT molecular complexity index is 707. The van der Waals surface area contributed by atoms with E-state index in [1.54, 1.807) is 6.07 Å². The second-order valence-electron chi connectivity index (χ2n) is 7.45. The Hall–Kier alpha value is -2.19. The molecule has 7 nitrogen and oxygen atoms in total. The molecule has 0 spiro atoms. The highest BCUT2D eigenvalue weighted by Gasteiger charge is 2.34. The Balaban J connectivity index is 1.56. The zero-order chi connectivity index (χ0) is 20.1. The molecule has 3 rings (SSSR count). The first-order valence-electron chi connectivity index (χ1n) is 9.77. The van der Waals surface area contributed by atoms with E-state index < -0.39 is 5.97 Å². The van der Waals surface area contributed by atoms with Gasteiger partial charge in [0.1, 0.15) is 6.54 Å². The molecule has 1 aromatic rings. The summed E-state index contributed by atoms with van der Waals surface area (Å²) < 4.78 is 18.8. The Morgan fingerprint density at radius 1 is 1.21 bits per heavy atom. The fraction of sp³-hybridized carbons (Fsp3) is 0.600. The molecule has 2 fully saturated rings. The Kier molecular flexibility index (Phi) is 6.85. The van der Waals surface area contributed by atoms with Crippen LogP contribution in [-0.2, 0) is 16.1 Å². The number of hydrogen-bond donors (Lipinski definition) is 1. The molecule has 2 aliphatic heterocycles. The van der Waals surface area contributed by atoms with Crippen molar-refractivity contribution in [2.24, 2.45) is 0 Å². The number of piperazine rings is 1. The molecule has 1 unspecified atom stereocenters. The Morgan fingerprint density at radius 2 is 1.96 bits per heavy atom. The van der Waals surface area contributed by atoms with Crippen molar-refractivity contribution in [2.75, 3.05) is 46.4 Å². The summed E-state index contributed by atoms with van der Waals surface area (Å²) in [5, 5.41) is 9.05. The van der Waals surface area contributed by atoms with Crippen LogP contribution in [0.2, 0.25) is 0 Å². The Labute approximate surface area is 164 Å². The zero-order valence-corrected chi connectivity index (χ0v) is 16.3. The second kappa shape index (κ2) is 9.34. The molecule has 2 saturated heterocycles. The van der Waals surface area contributed by atoms with E-state index in [1.165, 1.54) is 18.1 Å². The third-order valence-electron chi connectivity index (χ3n) is 5.55. The number of ether oxygens (including phenoxy) is 1. The van der Waals surface area contributed by atoms with Crippen LogP contribution in [0.3, 0.4) is 0 Å². The van der Waals surface area contributed by atoms with Gasteiger partial charge < -0.3 is 14.7 Å². The molecular formula is C20H28FN3O4. The average Bonchev–Trinajstić information content (AvgIpc) is 2.84. The summed E-state index contributed by atoms with van der Waals surface area (Å²) >= 11 is 0. The van der Waals surface area contributed by atoms with Crippen LogP contribution in [0.5, 0.6) is 5.75 Å². The molecule has 0 aliphatic carbocycles. The number of carbonyl (C=O) groups excluding carboxylic acids is 1. The third-order valence-corrected chi connectivity index (χ3v) is 5.55. The molecule has 1 amide bonds. The topological polar surface area (TPSA) is 73.3 Å². The zero-order valence-electron chi connectivity index (χ0n) is 16.3. The lowest BCUT2D eigenvalue weighted by atomic mass is 10.1. The minimum absolute atomic E-state index is 0.0643. The summed E-state index contributed by atoms with van der Waals surface area (Å²) in [4.78, 5) is 29.7. The second-order valence-corrected chi connectivity index (χ2v) is 7.45. The lowest BCUT2D eigenvalue weighted by Crippen LogP contribution is -2.55. The summed E-state index contributed by atoms with van der Waals surface area (Å²) in [6, 6.07) is 4.78. The molecule has 154 valence electrons. The van der Waals surface area contributed by atoms with Gasteiger partial charge in [0.25, 0.3) is 0 Å². The molecule has 2 heterocycles. The van der Waals surface area contributed by atoms with Crippen molar-refractivity contribution >= 4 is 11.9 Å². The minimum Gasteiger partial charge on any atom is -0.494 e. The number of aliphatic carboxylic acids is 1. The molecule has 0 bridgehead atoms. The van der Waals surface area contributed by atoms with E-state index in [-0.39, 0.29) is 30.1 Å².